The molecule has 0 saturated heterocycles. The minimum absolute atomic E-state index is 0.00222. The number of carbonyl (C=O) groups excluding carboxylic acids is 1. The van der Waals surface area contributed by atoms with Crippen molar-refractivity contribution in [3.63, 3.8) is 0 Å². The van der Waals surface area contributed by atoms with Crippen molar-refractivity contribution in [3.8, 4) is 0 Å². The van der Waals surface area contributed by atoms with Gasteiger partial charge in [-0.05, 0) is 73.7 Å². The van der Waals surface area contributed by atoms with Crippen molar-refractivity contribution in [3.05, 3.63) is 107 Å². The third-order valence-electron chi connectivity index (χ3n) is 5.13. The highest BCUT2D eigenvalue weighted by Crippen LogP contribution is 2.25. The number of hydrogen-bond acceptors (Lipinski definition) is 6. The molecule has 0 radical (unpaired) electrons. The van der Waals surface area contributed by atoms with Gasteiger partial charge in [-0.15, -0.1) is 0 Å². The standard InChI is InChI=1S/C25H21ClN4O5S2/c1-17-4-9-21(10-5-17)36(32,33)29-19-8-13-23(24(26)15-19)25(31)28-18-6-11-22(12-7-18)37(34,35)30-20-3-2-14-27-16-20/h2-16,29-30H,1H3,(H,28,31). The summed E-state index contributed by atoms with van der Waals surface area (Å²) in [5.41, 5.74) is 1.88. The molecule has 1 amide bonds. The van der Waals surface area contributed by atoms with E-state index in [1.165, 1.54) is 67.0 Å². The number of sulfonamides is 2. The highest BCUT2D eigenvalue weighted by Gasteiger charge is 2.18. The number of nitrogens with zero attached hydrogens (tertiary/aromatic N) is 1. The molecule has 3 aromatic carbocycles. The van der Waals surface area contributed by atoms with Crippen LogP contribution in [0.2, 0.25) is 5.02 Å². The summed E-state index contributed by atoms with van der Waals surface area (Å²) in [6.45, 7) is 1.85. The number of aryl methyl sites for hydroxylation is 1. The van der Waals surface area contributed by atoms with E-state index in [1.54, 1.807) is 24.3 Å². The number of benzene rings is 3. The van der Waals surface area contributed by atoms with Crippen LogP contribution < -0.4 is 14.8 Å². The maximum absolute atomic E-state index is 12.7. The zero-order valence-electron chi connectivity index (χ0n) is 19.3. The molecule has 3 N–H and O–H groups in total. The summed E-state index contributed by atoms with van der Waals surface area (Å²) in [4.78, 5) is 16.7. The van der Waals surface area contributed by atoms with Crippen molar-refractivity contribution in [2.45, 2.75) is 16.7 Å². The molecule has 0 aliphatic heterocycles. The summed E-state index contributed by atoms with van der Waals surface area (Å²) >= 11 is 6.26. The van der Waals surface area contributed by atoms with Gasteiger partial charge in [0.1, 0.15) is 0 Å². The Bertz CT molecular complexity index is 1640. The molecule has 4 aromatic rings. The first-order valence-electron chi connectivity index (χ1n) is 10.8. The molecular formula is C25H21ClN4O5S2. The van der Waals surface area contributed by atoms with Crippen molar-refractivity contribution in [2.24, 2.45) is 0 Å². The van der Waals surface area contributed by atoms with E-state index in [2.05, 4.69) is 19.7 Å². The Hall–Kier alpha value is -3.93. The number of pyridine rings is 1. The van der Waals surface area contributed by atoms with Crippen molar-refractivity contribution >= 4 is 54.6 Å². The van der Waals surface area contributed by atoms with Gasteiger partial charge in [-0.3, -0.25) is 19.2 Å². The van der Waals surface area contributed by atoms with Gasteiger partial charge in [-0.25, -0.2) is 16.8 Å². The molecule has 0 unspecified atom stereocenters. The fourth-order valence-corrected chi connectivity index (χ4v) is 5.61. The highest BCUT2D eigenvalue weighted by atomic mass is 35.5. The lowest BCUT2D eigenvalue weighted by Crippen LogP contribution is -2.15. The van der Waals surface area contributed by atoms with Gasteiger partial charge in [-0.2, -0.15) is 0 Å². The number of amides is 1. The monoisotopic (exact) mass is 556 g/mol. The van der Waals surface area contributed by atoms with Gasteiger partial charge in [0.15, 0.2) is 0 Å². The zero-order chi connectivity index (χ0) is 26.6. The van der Waals surface area contributed by atoms with E-state index in [4.69, 9.17) is 11.6 Å². The normalized spacial score (nSPS) is 11.5. The number of nitrogens with one attached hydrogen (secondary N) is 3. The summed E-state index contributed by atoms with van der Waals surface area (Å²) in [6.07, 6.45) is 2.91. The van der Waals surface area contributed by atoms with Gasteiger partial charge in [0.2, 0.25) is 0 Å². The van der Waals surface area contributed by atoms with Crippen molar-refractivity contribution in [2.75, 3.05) is 14.8 Å². The molecule has 0 fully saturated rings. The van der Waals surface area contributed by atoms with Crippen molar-refractivity contribution in [1.29, 1.82) is 0 Å². The van der Waals surface area contributed by atoms with Crippen LogP contribution in [0.15, 0.2) is 101 Å². The second kappa shape index (κ2) is 10.6. The largest absolute Gasteiger partial charge is 0.322 e. The fraction of sp³-hybridized carbons (Fsp3) is 0.0400. The Kier molecular flexibility index (Phi) is 7.48. The van der Waals surface area contributed by atoms with E-state index in [0.29, 0.717) is 11.4 Å². The average Bonchev–Trinajstić information content (AvgIpc) is 2.85. The maximum Gasteiger partial charge on any atom is 0.261 e. The van der Waals surface area contributed by atoms with Crippen LogP contribution in [0.4, 0.5) is 17.1 Å². The van der Waals surface area contributed by atoms with E-state index in [-0.39, 0.29) is 26.1 Å². The molecule has 0 atom stereocenters. The Morgan fingerprint density at radius 1 is 0.757 bits per heavy atom. The van der Waals surface area contributed by atoms with Crippen LogP contribution in [0.1, 0.15) is 15.9 Å². The second-order valence-electron chi connectivity index (χ2n) is 7.94. The SMILES string of the molecule is Cc1ccc(S(=O)(=O)Nc2ccc(C(=O)Nc3ccc(S(=O)(=O)Nc4cccnc4)cc3)c(Cl)c2)cc1. The third kappa shape index (κ3) is 6.45. The topological polar surface area (TPSA) is 134 Å². The van der Waals surface area contributed by atoms with Gasteiger partial charge in [0.05, 0.1) is 37.9 Å². The van der Waals surface area contributed by atoms with E-state index in [1.807, 2.05) is 6.92 Å². The van der Waals surface area contributed by atoms with Gasteiger partial charge < -0.3 is 5.32 Å². The molecule has 0 aliphatic carbocycles. The van der Waals surface area contributed by atoms with Crippen LogP contribution in [-0.4, -0.2) is 27.7 Å². The first-order chi connectivity index (χ1) is 17.5. The van der Waals surface area contributed by atoms with Crippen LogP contribution in [0.3, 0.4) is 0 Å². The fourth-order valence-electron chi connectivity index (χ4n) is 3.25. The van der Waals surface area contributed by atoms with Crippen LogP contribution in [0, 0.1) is 6.92 Å². The van der Waals surface area contributed by atoms with Crippen molar-refractivity contribution in [1.82, 2.24) is 4.98 Å². The average molecular weight is 557 g/mol. The zero-order valence-corrected chi connectivity index (χ0v) is 21.7. The number of hydrogen-bond donors (Lipinski definition) is 3. The second-order valence-corrected chi connectivity index (χ2v) is 11.7. The predicted octanol–water partition coefficient (Wildman–Crippen LogP) is 4.90. The number of carbonyl (C=O) groups is 1. The van der Waals surface area contributed by atoms with Gasteiger partial charge in [-0.1, -0.05) is 29.3 Å². The number of aromatic nitrogens is 1. The molecule has 0 bridgehead atoms. The van der Waals surface area contributed by atoms with Gasteiger partial charge in [0, 0.05) is 11.9 Å². The van der Waals surface area contributed by atoms with Gasteiger partial charge in [0.25, 0.3) is 26.0 Å². The van der Waals surface area contributed by atoms with Gasteiger partial charge >= 0.3 is 0 Å². The first-order valence-corrected chi connectivity index (χ1v) is 14.1. The molecule has 37 heavy (non-hydrogen) atoms. The van der Waals surface area contributed by atoms with Crippen LogP contribution in [-0.2, 0) is 20.0 Å². The van der Waals surface area contributed by atoms with Crippen LogP contribution in [0.5, 0.6) is 0 Å². The molecule has 0 aliphatic rings. The van der Waals surface area contributed by atoms with E-state index >= 15 is 0 Å². The Morgan fingerprint density at radius 2 is 1.32 bits per heavy atom. The third-order valence-corrected chi connectivity index (χ3v) is 8.24. The minimum Gasteiger partial charge on any atom is -0.322 e. The molecule has 0 spiro atoms. The van der Waals surface area contributed by atoms with E-state index in [9.17, 15) is 21.6 Å². The quantitative estimate of drug-likeness (QED) is 0.283. The molecule has 1 aromatic heterocycles. The maximum atomic E-state index is 12.7. The Morgan fingerprint density at radius 3 is 1.89 bits per heavy atom. The number of anilines is 3. The Balaban J connectivity index is 1.44. The van der Waals surface area contributed by atoms with Crippen molar-refractivity contribution < 1.29 is 21.6 Å². The first kappa shape index (κ1) is 26.1. The number of halogens is 1. The highest BCUT2D eigenvalue weighted by molar-refractivity contribution is 7.93. The molecule has 1 heterocycles. The number of rotatable bonds is 8. The minimum atomic E-state index is -3.84. The van der Waals surface area contributed by atoms with E-state index in [0.717, 1.165) is 5.56 Å². The van der Waals surface area contributed by atoms with Crippen LogP contribution >= 0.6 is 11.6 Å². The molecule has 4 rings (SSSR count). The molecule has 190 valence electrons. The smallest absolute Gasteiger partial charge is 0.261 e. The molecule has 9 nitrogen and oxygen atoms in total. The summed E-state index contributed by atoms with van der Waals surface area (Å²) in [7, 11) is -7.67. The predicted molar refractivity (Wildman–Crippen MR) is 143 cm³/mol. The lowest BCUT2D eigenvalue weighted by atomic mass is 10.2. The summed E-state index contributed by atoms with van der Waals surface area (Å²) in [6, 6.07) is 19.3. The van der Waals surface area contributed by atoms with E-state index < -0.39 is 26.0 Å². The summed E-state index contributed by atoms with van der Waals surface area (Å²) in [5.74, 6) is -0.554. The lowest BCUT2D eigenvalue weighted by molar-refractivity contribution is 0.102. The molecule has 12 heteroatoms. The molecule has 0 saturated carbocycles. The summed E-state index contributed by atoms with van der Waals surface area (Å²) < 4.78 is 55.1. The molecular weight excluding hydrogens is 536 g/mol. The van der Waals surface area contributed by atoms with Crippen LogP contribution in [0.25, 0.3) is 0 Å². The lowest BCUT2D eigenvalue weighted by Gasteiger charge is -2.12. The summed E-state index contributed by atoms with van der Waals surface area (Å²) in [5, 5.41) is 2.67. The Labute approximate surface area is 219 Å².